The van der Waals surface area contributed by atoms with Gasteiger partial charge in [-0.15, -0.1) is 0 Å². The van der Waals surface area contributed by atoms with Crippen molar-refractivity contribution in [3.8, 4) is 0 Å². The van der Waals surface area contributed by atoms with E-state index in [1.54, 1.807) is 0 Å². The van der Waals surface area contributed by atoms with Gasteiger partial charge < -0.3 is 15.0 Å². The molecule has 17 heavy (non-hydrogen) atoms. The lowest BCUT2D eigenvalue weighted by atomic mass is 9.95. The van der Waals surface area contributed by atoms with Crippen molar-refractivity contribution in [1.82, 2.24) is 9.88 Å². The van der Waals surface area contributed by atoms with Gasteiger partial charge in [-0.2, -0.15) is 0 Å². The van der Waals surface area contributed by atoms with Gasteiger partial charge in [0.25, 0.3) is 0 Å². The minimum absolute atomic E-state index is 0.00344. The van der Waals surface area contributed by atoms with Gasteiger partial charge in [0.15, 0.2) is 0 Å². The maximum absolute atomic E-state index is 10.8. The zero-order valence-corrected chi connectivity index (χ0v) is 10.5. The Morgan fingerprint density at radius 1 is 1.65 bits per heavy atom. The molecular weight excluding hydrogens is 216 g/mol. The summed E-state index contributed by atoms with van der Waals surface area (Å²) < 4.78 is 2.22. The van der Waals surface area contributed by atoms with Crippen molar-refractivity contribution in [2.75, 3.05) is 6.54 Å². The molecule has 1 amide bonds. The molecule has 2 N–H and O–H groups in total. The monoisotopic (exact) mass is 236 g/mol. The fourth-order valence-electron chi connectivity index (χ4n) is 2.60. The fraction of sp³-hybridized carbons (Fsp3) is 0.615. The zero-order chi connectivity index (χ0) is 12.4. The standard InChI is InChI=1S/C13H20N2O2/c1-9-8-11-12(4-3-5-13(11)17)15(9)7-6-14-10(2)16/h8,13,17H,3-7H2,1-2H3,(H,14,16). The molecule has 1 unspecified atom stereocenters. The summed E-state index contributed by atoms with van der Waals surface area (Å²) in [6.45, 7) is 5.02. The lowest BCUT2D eigenvalue weighted by molar-refractivity contribution is -0.118. The minimum atomic E-state index is -0.306. The van der Waals surface area contributed by atoms with E-state index < -0.39 is 0 Å². The number of aliphatic hydroxyl groups is 1. The lowest BCUT2D eigenvalue weighted by Crippen LogP contribution is -2.25. The number of nitrogens with one attached hydrogen (secondary N) is 1. The van der Waals surface area contributed by atoms with E-state index in [2.05, 4.69) is 22.9 Å². The first-order valence-corrected chi connectivity index (χ1v) is 6.21. The second-order valence-electron chi connectivity index (χ2n) is 4.73. The van der Waals surface area contributed by atoms with Gasteiger partial charge in [-0.05, 0) is 32.3 Å². The molecule has 4 nitrogen and oxygen atoms in total. The predicted octanol–water partition coefficient (Wildman–Crippen LogP) is 1.30. The molecule has 1 aromatic heterocycles. The number of fused-ring (bicyclic) bond motifs is 1. The third-order valence-electron chi connectivity index (χ3n) is 3.41. The van der Waals surface area contributed by atoms with Crippen LogP contribution in [0.1, 0.15) is 42.8 Å². The van der Waals surface area contributed by atoms with Crippen molar-refractivity contribution in [2.24, 2.45) is 0 Å². The molecule has 0 saturated heterocycles. The van der Waals surface area contributed by atoms with Gasteiger partial charge in [-0.1, -0.05) is 0 Å². The Kier molecular flexibility index (Phi) is 3.52. The molecule has 0 radical (unpaired) electrons. The molecule has 1 aliphatic rings. The Bertz CT molecular complexity index is 423. The SMILES string of the molecule is CC(=O)NCCn1c(C)cc2c1CCCC2O. The number of aliphatic hydroxyl groups excluding tert-OH is 1. The largest absolute Gasteiger partial charge is 0.388 e. The number of amides is 1. The number of aryl methyl sites for hydroxylation is 1. The fourth-order valence-corrected chi connectivity index (χ4v) is 2.60. The van der Waals surface area contributed by atoms with E-state index in [-0.39, 0.29) is 12.0 Å². The Morgan fingerprint density at radius 2 is 2.41 bits per heavy atom. The highest BCUT2D eigenvalue weighted by atomic mass is 16.3. The van der Waals surface area contributed by atoms with Crippen molar-refractivity contribution in [3.05, 3.63) is 23.0 Å². The van der Waals surface area contributed by atoms with Gasteiger partial charge in [0, 0.05) is 37.0 Å². The summed E-state index contributed by atoms with van der Waals surface area (Å²) in [6, 6.07) is 2.08. The average Bonchev–Trinajstić information content (AvgIpc) is 2.57. The lowest BCUT2D eigenvalue weighted by Gasteiger charge is -2.20. The Labute approximate surface area is 102 Å². The van der Waals surface area contributed by atoms with Crippen LogP contribution in [0.4, 0.5) is 0 Å². The van der Waals surface area contributed by atoms with E-state index in [0.717, 1.165) is 31.4 Å². The van der Waals surface area contributed by atoms with Gasteiger partial charge in [0.05, 0.1) is 6.10 Å². The number of carbonyl (C=O) groups excluding carboxylic acids is 1. The van der Waals surface area contributed by atoms with E-state index in [1.807, 2.05) is 0 Å². The summed E-state index contributed by atoms with van der Waals surface area (Å²) in [6.07, 6.45) is 2.62. The molecule has 0 bridgehead atoms. The van der Waals surface area contributed by atoms with E-state index in [4.69, 9.17) is 0 Å². The molecule has 4 heteroatoms. The second-order valence-corrected chi connectivity index (χ2v) is 4.73. The van der Waals surface area contributed by atoms with E-state index in [1.165, 1.54) is 18.3 Å². The molecule has 0 aliphatic heterocycles. The van der Waals surface area contributed by atoms with Crippen LogP contribution in [0.25, 0.3) is 0 Å². The van der Waals surface area contributed by atoms with Crippen molar-refractivity contribution in [2.45, 2.75) is 45.8 Å². The molecule has 1 atom stereocenters. The van der Waals surface area contributed by atoms with Gasteiger partial charge in [0.2, 0.25) is 5.91 Å². The Hall–Kier alpha value is -1.29. The van der Waals surface area contributed by atoms with Crippen LogP contribution in [0.3, 0.4) is 0 Å². The first kappa shape index (κ1) is 12.2. The maximum atomic E-state index is 10.8. The summed E-state index contributed by atoms with van der Waals surface area (Å²) in [5.74, 6) is 0.00344. The first-order chi connectivity index (χ1) is 8.09. The van der Waals surface area contributed by atoms with Crippen LogP contribution >= 0.6 is 0 Å². The molecule has 94 valence electrons. The number of hydrogen-bond acceptors (Lipinski definition) is 2. The predicted molar refractivity (Wildman–Crippen MR) is 65.8 cm³/mol. The highest BCUT2D eigenvalue weighted by Gasteiger charge is 2.22. The molecule has 1 aliphatic carbocycles. The zero-order valence-electron chi connectivity index (χ0n) is 10.5. The van der Waals surface area contributed by atoms with Crippen molar-refractivity contribution < 1.29 is 9.90 Å². The van der Waals surface area contributed by atoms with E-state index in [0.29, 0.717) is 6.54 Å². The van der Waals surface area contributed by atoms with Gasteiger partial charge in [0.1, 0.15) is 0 Å². The van der Waals surface area contributed by atoms with Crippen LogP contribution in [0, 0.1) is 6.92 Å². The molecule has 2 rings (SSSR count). The summed E-state index contributed by atoms with van der Waals surface area (Å²) in [5, 5.41) is 12.7. The normalized spacial score (nSPS) is 18.9. The number of hydrogen-bond donors (Lipinski definition) is 2. The highest BCUT2D eigenvalue weighted by molar-refractivity contribution is 5.72. The number of rotatable bonds is 3. The van der Waals surface area contributed by atoms with Gasteiger partial charge >= 0.3 is 0 Å². The summed E-state index contributed by atoms with van der Waals surface area (Å²) in [4.78, 5) is 10.8. The molecule has 1 aromatic rings. The van der Waals surface area contributed by atoms with Crippen molar-refractivity contribution in [1.29, 1.82) is 0 Å². The van der Waals surface area contributed by atoms with Gasteiger partial charge in [-0.25, -0.2) is 0 Å². The second kappa shape index (κ2) is 4.92. The topological polar surface area (TPSA) is 54.3 Å². The van der Waals surface area contributed by atoms with Crippen LogP contribution in [0.5, 0.6) is 0 Å². The number of aromatic nitrogens is 1. The minimum Gasteiger partial charge on any atom is -0.388 e. The van der Waals surface area contributed by atoms with E-state index >= 15 is 0 Å². The Balaban J connectivity index is 2.14. The molecule has 1 heterocycles. The van der Waals surface area contributed by atoms with Crippen LogP contribution in [0.15, 0.2) is 6.07 Å². The number of nitrogens with zero attached hydrogens (tertiary/aromatic N) is 1. The smallest absolute Gasteiger partial charge is 0.216 e. The highest BCUT2D eigenvalue weighted by Crippen LogP contribution is 2.31. The van der Waals surface area contributed by atoms with Crippen LogP contribution in [0.2, 0.25) is 0 Å². The maximum Gasteiger partial charge on any atom is 0.216 e. The molecular formula is C13H20N2O2. The van der Waals surface area contributed by atoms with Crippen molar-refractivity contribution in [3.63, 3.8) is 0 Å². The van der Waals surface area contributed by atoms with Crippen LogP contribution in [-0.4, -0.2) is 22.1 Å². The average molecular weight is 236 g/mol. The third-order valence-corrected chi connectivity index (χ3v) is 3.41. The quantitative estimate of drug-likeness (QED) is 0.831. The molecule has 0 aromatic carbocycles. The molecule has 0 spiro atoms. The van der Waals surface area contributed by atoms with Crippen LogP contribution < -0.4 is 5.32 Å². The molecule has 0 saturated carbocycles. The summed E-state index contributed by atoms with van der Waals surface area (Å²) in [7, 11) is 0. The van der Waals surface area contributed by atoms with Crippen molar-refractivity contribution >= 4 is 5.91 Å². The Morgan fingerprint density at radius 3 is 3.12 bits per heavy atom. The third kappa shape index (κ3) is 2.52. The molecule has 0 fully saturated rings. The first-order valence-electron chi connectivity index (χ1n) is 6.21. The van der Waals surface area contributed by atoms with Gasteiger partial charge in [-0.3, -0.25) is 4.79 Å². The summed E-state index contributed by atoms with van der Waals surface area (Å²) in [5.41, 5.74) is 3.49. The summed E-state index contributed by atoms with van der Waals surface area (Å²) >= 11 is 0. The number of carbonyl (C=O) groups is 1. The van der Waals surface area contributed by atoms with Crippen LogP contribution in [-0.2, 0) is 17.8 Å². The van der Waals surface area contributed by atoms with E-state index in [9.17, 15) is 9.90 Å².